The standard InChI is InChI=1S/C10H12ClN3/c1-6(2)9(13)10-8(11)3-7(4-12)5-14-10/h3,5-6,9H,13H2,1-2H3/t9-/m1/s1. The average Bonchev–Trinajstić information content (AvgIpc) is 2.16. The normalized spacial score (nSPS) is 12.6. The summed E-state index contributed by atoms with van der Waals surface area (Å²) in [6.07, 6.45) is 1.49. The second-order valence-corrected chi connectivity index (χ2v) is 3.88. The third-order valence-electron chi connectivity index (χ3n) is 2.03. The van der Waals surface area contributed by atoms with E-state index in [2.05, 4.69) is 4.98 Å². The number of aromatic nitrogens is 1. The Hall–Kier alpha value is -1.11. The number of nitriles is 1. The van der Waals surface area contributed by atoms with Crippen molar-refractivity contribution in [2.45, 2.75) is 19.9 Å². The van der Waals surface area contributed by atoms with Gasteiger partial charge in [-0.1, -0.05) is 25.4 Å². The largest absolute Gasteiger partial charge is 0.322 e. The molecule has 3 nitrogen and oxygen atoms in total. The molecule has 0 saturated carbocycles. The molecule has 0 aliphatic carbocycles. The third-order valence-corrected chi connectivity index (χ3v) is 2.34. The number of rotatable bonds is 2. The molecule has 0 aromatic carbocycles. The fraction of sp³-hybridized carbons (Fsp3) is 0.400. The van der Waals surface area contributed by atoms with E-state index in [-0.39, 0.29) is 12.0 Å². The maximum Gasteiger partial charge on any atom is 0.101 e. The Kier molecular flexibility index (Phi) is 3.45. The Bertz CT molecular complexity index is 368. The highest BCUT2D eigenvalue weighted by atomic mass is 35.5. The lowest BCUT2D eigenvalue weighted by Crippen LogP contribution is -2.18. The predicted octanol–water partition coefficient (Wildman–Crippen LogP) is 2.26. The quantitative estimate of drug-likeness (QED) is 0.813. The Morgan fingerprint density at radius 1 is 1.57 bits per heavy atom. The summed E-state index contributed by atoms with van der Waals surface area (Å²) in [5.41, 5.74) is 7.01. The number of nitrogens with two attached hydrogens (primary N) is 1. The molecule has 0 bridgehead atoms. The van der Waals surface area contributed by atoms with Gasteiger partial charge in [0.1, 0.15) is 6.07 Å². The minimum Gasteiger partial charge on any atom is -0.322 e. The molecule has 1 aromatic heterocycles. The zero-order valence-corrected chi connectivity index (χ0v) is 8.92. The van der Waals surface area contributed by atoms with Gasteiger partial charge in [-0.05, 0) is 12.0 Å². The van der Waals surface area contributed by atoms with Gasteiger partial charge in [0.2, 0.25) is 0 Å². The summed E-state index contributed by atoms with van der Waals surface area (Å²) < 4.78 is 0. The van der Waals surface area contributed by atoms with Crippen molar-refractivity contribution in [3.63, 3.8) is 0 Å². The van der Waals surface area contributed by atoms with Gasteiger partial charge in [-0.2, -0.15) is 5.26 Å². The van der Waals surface area contributed by atoms with Crippen LogP contribution >= 0.6 is 11.6 Å². The average molecular weight is 210 g/mol. The first kappa shape index (κ1) is 11.0. The zero-order chi connectivity index (χ0) is 10.7. The van der Waals surface area contributed by atoms with Crippen LogP contribution in [0.5, 0.6) is 0 Å². The summed E-state index contributed by atoms with van der Waals surface area (Å²) in [6.45, 7) is 4.00. The molecular formula is C10H12ClN3. The Balaban J connectivity index is 3.07. The molecule has 0 aliphatic rings. The molecule has 14 heavy (non-hydrogen) atoms. The van der Waals surface area contributed by atoms with Crippen molar-refractivity contribution in [1.29, 1.82) is 5.26 Å². The first-order valence-corrected chi connectivity index (χ1v) is 4.75. The van der Waals surface area contributed by atoms with Gasteiger partial charge in [-0.15, -0.1) is 0 Å². The van der Waals surface area contributed by atoms with E-state index >= 15 is 0 Å². The van der Waals surface area contributed by atoms with Crippen LogP contribution in [0.25, 0.3) is 0 Å². The number of hydrogen-bond donors (Lipinski definition) is 1. The van der Waals surface area contributed by atoms with Crippen LogP contribution in [0.1, 0.15) is 31.1 Å². The van der Waals surface area contributed by atoms with Gasteiger partial charge in [-0.25, -0.2) is 0 Å². The van der Waals surface area contributed by atoms with Crippen LogP contribution in [0.4, 0.5) is 0 Å². The van der Waals surface area contributed by atoms with Crippen molar-refractivity contribution >= 4 is 11.6 Å². The Labute approximate surface area is 88.5 Å². The van der Waals surface area contributed by atoms with Crippen molar-refractivity contribution < 1.29 is 0 Å². The maximum absolute atomic E-state index is 8.62. The number of pyridine rings is 1. The summed E-state index contributed by atoms with van der Waals surface area (Å²) in [6, 6.07) is 3.38. The molecule has 0 fully saturated rings. The lowest BCUT2D eigenvalue weighted by atomic mass is 10.0. The molecular weight excluding hydrogens is 198 g/mol. The van der Waals surface area contributed by atoms with E-state index in [0.717, 1.165) is 0 Å². The van der Waals surface area contributed by atoms with E-state index in [1.165, 1.54) is 6.20 Å². The monoisotopic (exact) mass is 209 g/mol. The molecule has 74 valence electrons. The second kappa shape index (κ2) is 4.41. The Morgan fingerprint density at radius 2 is 2.21 bits per heavy atom. The summed E-state index contributed by atoms with van der Waals surface area (Å²) in [5.74, 6) is 0.271. The molecule has 0 saturated heterocycles. The van der Waals surface area contributed by atoms with Crippen molar-refractivity contribution in [2.75, 3.05) is 0 Å². The topological polar surface area (TPSA) is 62.7 Å². The van der Waals surface area contributed by atoms with E-state index < -0.39 is 0 Å². The fourth-order valence-corrected chi connectivity index (χ4v) is 1.36. The van der Waals surface area contributed by atoms with Gasteiger partial charge in [0.25, 0.3) is 0 Å². The maximum atomic E-state index is 8.62. The van der Waals surface area contributed by atoms with E-state index in [9.17, 15) is 0 Å². The van der Waals surface area contributed by atoms with E-state index in [1.54, 1.807) is 6.07 Å². The van der Waals surface area contributed by atoms with Crippen LogP contribution in [0.3, 0.4) is 0 Å². The van der Waals surface area contributed by atoms with Gasteiger partial charge in [0.15, 0.2) is 0 Å². The van der Waals surface area contributed by atoms with Crippen LogP contribution in [0, 0.1) is 17.2 Å². The SMILES string of the molecule is CC(C)[C@@H](N)c1ncc(C#N)cc1Cl. The summed E-state index contributed by atoms with van der Waals surface area (Å²) >= 11 is 5.95. The Morgan fingerprint density at radius 3 is 2.64 bits per heavy atom. The molecule has 0 unspecified atom stereocenters. The van der Waals surface area contributed by atoms with Gasteiger partial charge in [-0.3, -0.25) is 4.98 Å². The van der Waals surface area contributed by atoms with Crippen molar-refractivity contribution in [1.82, 2.24) is 4.98 Å². The molecule has 0 radical (unpaired) electrons. The van der Waals surface area contributed by atoms with Gasteiger partial charge in [0, 0.05) is 6.20 Å². The van der Waals surface area contributed by atoms with Crippen LogP contribution in [0.2, 0.25) is 5.02 Å². The third kappa shape index (κ3) is 2.22. The second-order valence-electron chi connectivity index (χ2n) is 3.47. The smallest absolute Gasteiger partial charge is 0.101 e. The minimum atomic E-state index is -0.185. The molecule has 1 atom stereocenters. The molecule has 1 rings (SSSR count). The molecule has 1 heterocycles. The van der Waals surface area contributed by atoms with Gasteiger partial charge < -0.3 is 5.73 Å². The van der Waals surface area contributed by atoms with Crippen LogP contribution in [-0.4, -0.2) is 4.98 Å². The molecule has 2 N–H and O–H groups in total. The first-order chi connectivity index (χ1) is 6.56. The van der Waals surface area contributed by atoms with Crippen LogP contribution < -0.4 is 5.73 Å². The summed E-state index contributed by atoms with van der Waals surface area (Å²) in [5, 5.41) is 9.08. The van der Waals surface area contributed by atoms with Crippen molar-refractivity contribution in [3.8, 4) is 6.07 Å². The highest BCUT2D eigenvalue weighted by molar-refractivity contribution is 6.31. The molecule has 4 heteroatoms. The number of halogens is 1. The number of nitrogens with zero attached hydrogens (tertiary/aromatic N) is 2. The van der Waals surface area contributed by atoms with Crippen molar-refractivity contribution in [2.24, 2.45) is 11.7 Å². The van der Waals surface area contributed by atoms with Crippen molar-refractivity contribution in [3.05, 3.63) is 28.5 Å². The lowest BCUT2D eigenvalue weighted by molar-refractivity contribution is 0.503. The first-order valence-electron chi connectivity index (χ1n) is 4.37. The highest BCUT2D eigenvalue weighted by Crippen LogP contribution is 2.24. The van der Waals surface area contributed by atoms with Crippen LogP contribution in [0.15, 0.2) is 12.3 Å². The van der Waals surface area contributed by atoms with E-state index in [0.29, 0.717) is 16.3 Å². The van der Waals surface area contributed by atoms with E-state index in [4.69, 9.17) is 22.6 Å². The lowest BCUT2D eigenvalue weighted by Gasteiger charge is -2.15. The summed E-state index contributed by atoms with van der Waals surface area (Å²) in [4.78, 5) is 4.09. The zero-order valence-electron chi connectivity index (χ0n) is 8.16. The highest BCUT2D eigenvalue weighted by Gasteiger charge is 2.15. The van der Waals surface area contributed by atoms with Gasteiger partial charge >= 0.3 is 0 Å². The number of hydrogen-bond acceptors (Lipinski definition) is 3. The molecule has 0 aliphatic heterocycles. The molecule has 0 amide bonds. The molecule has 0 spiro atoms. The van der Waals surface area contributed by atoms with Gasteiger partial charge in [0.05, 0.1) is 22.3 Å². The van der Waals surface area contributed by atoms with Crippen LogP contribution in [-0.2, 0) is 0 Å². The fourth-order valence-electron chi connectivity index (χ4n) is 1.07. The minimum absolute atomic E-state index is 0.185. The molecule has 1 aromatic rings. The predicted molar refractivity (Wildman–Crippen MR) is 55.7 cm³/mol. The van der Waals surface area contributed by atoms with E-state index in [1.807, 2.05) is 19.9 Å². The summed E-state index contributed by atoms with van der Waals surface area (Å²) in [7, 11) is 0.